The molecule has 4 aliphatic rings. The minimum Gasteiger partial charge on any atom is -0.458 e. The summed E-state index contributed by atoms with van der Waals surface area (Å²) >= 11 is 0. The van der Waals surface area contributed by atoms with Gasteiger partial charge in [-0.3, -0.25) is 0 Å². The maximum Gasteiger partial charge on any atom is 0.334 e. The van der Waals surface area contributed by atoms with Gasteiger partial charge in [-0.15, -0.1) is 0 Å². The molecule has 2 nitrogen and oxygen atoms in total. The van der Waals surface area contributed by atoms with E-state index in [9.17, 15) is 4.79 Å². The second kappa shape index (κ2) is 4.56. The van der Waals surface area contributed by atoms with Gasteiger partial charge in [-0.2, -0.15) is 0 Å². The third kappa shape index (κ3) is 1.92. The van der Waals surface area contributed by atoms with Gasteiger partial charge < -0.3 is 4.74 Å². The Bertz CT molecular complexity index is 355. The van der Waals surface area contributed by atoms with Crippen LogP contribution in [0.5, 0.6) is 0 Å². The molecule has 4 rings (SSSR count). The number of ether oxygens (including phenoxy) is 1. The molecule has 0 radical (unpaired) electrons. The second-order valence-corrected chi connectivity index (χ2v) is 6.37. The molecule has 0 heterocycles. The first-order valence-corrected chi connectivity index (χ1v) is 7.15. The molecule has 2 heteroatoms. The van der Waals surface area contributed by atoms with Crippen molar-refractivity contribution in [2.24, 2.45) is 29.6 Å². The summed E-state index contributed by atoms with van der Waals surface area (Å²) in [5, 5.41) is 0. The molecule has 0 saturated heterocycles. The van der Waals surface area contributed by atoms with Crippen LogP contribution in [0, 0.1) is 29.6 Å². The van der Waals surface area contributed by atoms with Gasteiger partial charge in [0.25, 0.3) is 0 Å². The van der Waals surface area contributed by atoms with E-state index in [1.165, 1.54) is 32.1 Å². The van der Waals surface area contributed by atoms with E-state index in [1.807, 2.05) is 0 Å². The number of hydrogen-bond acceptors (Lipinski definition) is 2. The largest absolute Gasteiger partial charge is 0.458 e. The van der Waals surface area contributed by atoms with Crippen LogP contribution in [0.4, 0.5) is 0 Å². The van der Waals surface area contributed by atoms with Crippen molar-refractivity contribution in [1.29, 1.82) is 0 Å². The fraction of sp³-hybridized carbons (Fsp3) is 0.688. The van der Waals surface area contributed by atoms with Crippen LogP contribution >= 0.6 is 0 Å². The summed E-state index contributed by atoms with van der Waals surface area (Å²) in [5.41, 5.74) is 0.727. The number of carbonyl (C=O) groups excluding carboxylic acids is 1. The van der Waals surface area contributed by atoms with Gasteiger partial charge in [0, 0.05) is 5.57 Å². The second-order valence-electron chi connectivity index (χ2n) is 6.37. The minimum atomic E-state index is -0.202. The molecule has 4 fully saturated rings. The SMILES string of the molecule is C=CCOC(=O)C(=C)C1C2CC3CC(C2)CC1C3. The molecule has 0 spiro atoms. The lowest BCUT2D eigenvalue weighted by atomic mass is 9.50. The highest BCUT2D eigenvalue weighted by Gasteiger charge is 2.49. The third-order valence-electron chi connectivity index (χ3n) is 5.22. The number of rotatable bonds is 4. The molecule has 18 heavy (non-hydrogen) atoms. The lowest BCUT2D eigenvalue weighted by Gasteiger charge is -2.54. The van der Waals surface area contributed by atoms with E-state index < -0.39 is 0 Å². The minimum absolute atomic E-state index is 0.202. The van der Waals surface area contributed by atoms with Gasteiger partial charge in [0.1, 0.15) is 6.61 Å². The van der Waals surface area contributed by atoms with E-state index in [2.05, 4.69) is 13.2 Å². The van der Waals surface area contributed by atoms with E-state index in [1.54, 1.807) is 6.08 Å². The molecule has 4 aliphatic carbocycles. The molecule has 0 amide bonds. The van der Waals surface area contributed by atoms with E-state index >= 15 is 0 Å². The molecule has 0 N–H and O–H groups in total. The Morgan fingerprint density at radius 2 is 1.67 bits per heavy atom. The fourth-order valence-electron chi connectivity index (χ4n) is 4.86. The van der Waals surface area contributed by atoms with Gasteiger partial charge in [-0.25, -0.2) is 4.79 Å². The maximum atomic E-state index is 12.0. The standard InChI is InChI=1S/C16H22O2/c1-3-4-18-16(17)10(2)15-13-6-11-5-12(8-13)9-14(15)7-11/h3,11-15H,1-2,4-9H2. The zero-order valence-electron chi connectivity index (χ0n) is 10.9. The molecule has 0 aromatic carbocycles. The third-order valence-corrected chi connectivity index (χ3v) is 5.22. The van der Waals surface area contributed by atoms with Crippen LogP contribution in [-0.4, -0.2) is 12.6 Å². The molecule has 4 saturated carbocycles. The van der Waals surface area contributed by atoms with Crippen molar-refractivity contribution in [2.75, 3.05) is 6.61 Å². The van der Waals surface area contributed by atoms with Crippen molar-refractivity contribution >= 4 is 5.97 Å². The number of carbonyl (C=O) groups is 1. The van der Waals surface area contributed by atoms with Gasteiger partial charge in [-0.1, -0.05) is 19.2 Å². The first-order valence-electron chi connectivity index (χ1n) is 7.15. The quantitative estimate of drug-likeness (QED) is 0.432. The van der Waals surface area contributed by atoms with Crippen LogP contribution in [0.1, 0.15) is 32.1 Å². The summed E-state index contributed by atoms with van der Waals surface area (Å²) in [7, 11) is 0. The Morgan fingerprint density at radius 3 is 2.17 bits per heavy atom. The molecule has 0 aliphatic heterocycles. The Morgan fingerprint density at radius 1 is 1.11 bits per heavy atom. The summed E-state index contributed by atoms with van der Waals surface area (Å²) in [5.74, 6) is 3.46. The average Bonchev–Trinajstić information content (AvgIpc) is 2.34. The Kier molecular flexibility index (Phi) is 3.04. The summed E-state index contributed by atoms with van der Waals surface area (Å²) in [6.45, 7) is 7.91. The molecule has 98 valence electrons. The van der Waals surface area contributed by atoms with Crippen LogP contribution in [0.15, 0.2) is 24.8 Å². The van der Waals surface area contributed by atoms with E-state index in [4.69, 9.17) is 4.74 Å². The molecule has 4 bridgehead atoms. The zero-order valence-corrected chi connectivity index (χ0v) is 10.9. The van der Waals surface area contributed by atoms with Crippen LogP contribution in [0.3, 0.4) is 0 Å². The van der Waals surface area contributed by atoms with E-state index in [0.29, 0.717) is 24.4 Å². The highest BCUT2D eigenvalue weighted by molar-refractivity contribution is 5.88. The topological polar surface area (TPSA) is 26.3 Å². The van der Waals surface area contributed by atoms with Gasteiger partial charge >= 0.3 is 5.97 Å². The lowest BCUT2D eigenvalue weighted by molar-refractivity contribution is -0.140. The summed E-state index contributed by atoms with van der Waals surface area (Å²) in [6, 6.07) is 0. The van der Waals surface area contributed by atoms with Gasteiger partial charge in [0.15, 0.2) is 0 Å². The predicted octanol–water partition coefficient (Wildman–Crippen LogP) is 3.34. The normalized spacial score (nSPS) is 40.6. The van der Waals surface area contributed by atoms with Gasteiger partial charge in [-0.05, 0) is 61.7 Å². The first kappa shape index (κ1) is 12.0. The molecule has 0 aromatic heterocycles. The van der Waals surface area contributed by atoms with Crippen molar-refractivity contribution in [3.8, 4) is 0 Å². The fourth-order valence-corrected chi connectivity index (χ4v) is 4.86. The summed E-state index contributed by atoms with van der Waals surface area (Å²) in [4.78, 5) is 12.0. The zero-order chi connectivity index (χ0) is 12.7. The van der Waals surface area contributed by atoms with Crippen molar-refractivity contribution in [1.82, 2.24) is 0 Å². The van der Waals surface area contributed by atoms with Crippen molar-refractivity contribution < 1.29 is 9.53 Å². The predicted molar refractivity (Wildman–Crippen MR) is 70.8 cm³/mol. The first-order chi connectivity index (χ1) is 8.69. The van der Waals surface area contributed by atoms with Gasteiger partial charge in [0.05, 0.1) is 0 Å². The van der Waals surface area contributed by atoms with Crippen LogP contribution in [-0.2, 0) is 9.53 Å². The Labute approximate surface area is 109 Å². The molecule has 0 aromatic rings. The Balaban J connectivity index is 1.70. The van der Waals surface area contributed by atoms with Crippen molar-refractivity contribution in [2.45, 2.75) is 32.1 Å². The Hall–Kier alpha value is -1.05. The summed E-state index contributed by atoms with van der Waals surface area (Å²) < 4.78 is 5.15. The molecule has 0 unspecified atom stereocenters. The molecular weight excluding hydrogens is 224 g/mol. The van der Waals surface area contributed by atoms with Crippen LogP contribution < -0.4 is 0 Å². The number of esters is 1. The smallest absolute Gasteiger partial charge is 0.334 e. The number of hydrogen-bond donors (Lipinski definition) is 0. The molecule has 0 atom stereocenters. The summed E-state index contributed by atoms with van der Waals surface area (Å²) in [6.07, 6.45) is 8.29. The van der Waals surface area contributed by atoms with Gasteiger partial charge in [0.2, 0.25) is 0 Å². The highest BCUT2D eigenvalue weighted by Crippen LogP contribution is 2.58. The van der Waals surface area contributed by atoms with E-state index in [0.717, 1.165) is 17.4 Å². The average molecular weight is 246 g/mol. The maximum absolute atomic E-state index is 12.0. The van der Waals surface area contributed by atoms with Crippen LogP contribution in [0.2, 0.25) is 0 Å². The highest BCUT2D eigenvalue weighted by atomic mass is 16.5. The lowest BCUT2D eigenvalue weighted by Crippen LogP contribution is -2.46. The van der Waals surface area contributed by atoms with E-state index in [-0.39, 0.29) is 5.97 Å². The monoisotopic (exact) mass is 246 g/mol. The molecular formula is C16H22O2. The van der Waals surface area contributed by atoms with Crippen molar-refractivity contribution in [3.05, 3.63) is 24.8 Å². The van der Waals surface area contributed by atoms with Crippen molar-refractivity contribution in [3.63, 3.8) is 0 Å². The van der Waals surface area contributed by atoms with Crippen LogP contribution in [0.25, 0.3) is 0 Å².